The van der Waals surface area contributed by atoms with Gasteiger partial charge in [0.1, 0.15) is 0 Å². The standard InChI is InChI=1S/C30H30/c1-5-19(3)28-12-11-23-15-26-16-24-13-21-9-7-8-10-22(21)14-25(24)17-27(26)18-29(23)30(28)20(4)6-2/h7-20H,5-6H2,1-4H3. The third-order valence-electron chi connectivity index (χ3n) is 7.12. The fraction of sp³-hybridized carbons (Fsp3) is 0.267. The second-order valence-corrected chi connectivity index (χ2v) is 9.01. The van der Waals surface area contributed by atoms with Crippen molar-refractivity contribution >= 4 is 43.1 Å². The molecule has 30 heavy (non-hydrogen) atoms. The summed E-state index contributed by atoms with van der Waals surface area (Å²) in [4.78, 5) is 0. The van der Waals surface area contributed by atoms with Gasteiger partial charge < -0.3 is 0 Å². The smallest absolute Gasteiger partial charge is 0.0140 e. The van der Waals surface area contributed by atoms with Crippen LogP contribution in [0.2, 0.25) is 0 Å². The third-order valence-corrected chi connectivity index (χ3v) is 7.12. The summed E-state index contributed by atoms with van der Waals surface area (Å²) in [6, 6.07) is 27.6. The molecule has 0 saturated carbocycles. The molecular formula is C30H30. The van der Waals surface area contributed by atoms with E-state index in [0.29, 0.717) is 11.8 Å². The van der Waals surface area contributed by atoms with E-state index in [0.717, 1.165) is 0 Å². The minimum absolute atomic E-state index is 0.569. The Bertz CT molecular complexity index is 1390. The molecule has 2 atom stereocenters. The van der Waals surface area contributed by atoms with Crippen LogP contribution in [0.15, 0.2) is 72.8 Å². The van der Waals surface area contributed by atoms with Gasteiger partial charge in [-0.2, -0.15) is 0 Å². The Morgan fingerprint density at radius 1 is 0.533 bits per heavy atom. The molecule has 0 aliphatic rings. The normalized spacial score (nSPS) is 14.0. The van der Waals surface area contributed by atoms with Crippen molar-refractivity contribution in [2.24, 2.45) is 0 Å². The molecule has 0 N–H and O–H groups in total. The van der Waals surface area contributed by atoms with Gasteiger partial charge in [0.15, 0.2) is 0 Å². The summed E-state index contributed by atoms with van der Waals surface area (Å²) < 4.78 is 0. The molecule has 5 aromatic rings. The average Bonchev–Trinajstić information content (AvgIpc) is 2.78. The van der Waals surface area contributed by atoms with E-state index in [4.69, 9.17) is 0 Å². The Kier molecular flexibility index (Phi) is 4.74. The summed E-state index contributed by atoms with van der Waals surface area (Å²) in [6.45, 7) is 9.36. The van der Waals surface area contributed by atoms with Crippen molar-refractivity contribution in [1.29, 1.82) is 0 Å². The van der Waals surface area contributed by atoms with Gasteiger partial charge in [0, 0.05) is 0 Å². The molecule has 150 valence electrons. The summed E-state index contributed by atoms with van der Waals surface area (Å²) in [6.07, 6.45) is 2.35. The van der Waals surface area contributed by atoms with Crippen LogP contribution in [0.25, 0.3) is 43.1 Å². The Morgan fingerprint density at radius 3 is 1.60 bits per heavy atom. The predicted molar refractivity (Wildman–Crippen MR) is 134 cm³/mol. The molecule has 0 spiro atoms. The highest BCUT2D eigenvalue weighted by Crippen LogP contribution is 2.38. The maximum absolute atomic E-state index is 2.45. The molecule has 0 radical (unpaired) electrons. The maximum Gasteiger partial charge on any atom is -0.0140 e. The fourth-order valence-corrected chi connectivity index (χ4v) is 4.96. The van der Waals surface area contributed by atoms with Crippen molar-refractivity contribution in [3.63, 3.8) is 0 Å². The zero-order chi connectivity index (χ0) is 20.8. The number of rotatable bonds is 4. The highest BCUT2D eigenvalue weighted by atomic mass is 14.2. The van der Waals surface area contributed by atoms with E-state index in [2.05, 4.69) is 100 Å². The van der Waals surface area contributed by atoms with Crippen LogP contribution in [0.3, 0.4) is 0 Å². The second kappa shape index (κ2) is 7.43. The Balaban J connectivity index is 1.83. The molecule has 0 heteroatoms. The molecule has 0 aliphatic heterocycles. The van der Waals surface area contributed by atoms with Gasteiger partial charge in [0.25, 0.3) is 0 Å². The minimum Gasteiger partial charge on any atom is -0.0648 e. The van der Waals surface area contributed by atoms with Crippen LogP contribution in [0.1, 0.15) is 63.5 Å². The molecule has 0 nitrogen and oxygen atoms in total. The monoisotopic (exact) mass is 390 g/mol. The van der Waals surface area contributed by atoms with E-state index < -0.39 is 0 Å². The van der Waals surface area contributed by atoms with Crippen LogP contribution in [-0.2, 0) is 0 Å². The SMILES string of the molecule is CCC(C)c1ccc2cc3cc4cc5ccccc5cc4cc3cc2c1C(C)CC. The molecule has 0 fully saturated rings. The Morgan fingerprint density at radius 2 is 1.03 bits per heavy atom. The zero-order valence-corrected chi connectivity index (χ0v) is 18.5. The fourth-order valence-electron chi connectivity index (χ4n) is 4.96. The molecule has 5 rings (SSSR count). The highest BCUT2D eigenvalue weighted by Gasteiger charge is 2.17. The van der Waals surface area contributed by atoms with Crippen molar-refractivity contribution in [3.05, 3.63) is 83.9 Å². The van der Waals surface area contributed by atoms with E-state index >= 15 is 0 Å². The van der Waals surface area contributed by atoms with Crippen LogP contribution < -0.4 is 0 Å². The first kappa shape index (κ1) is 19.1. The van der Waals surface area contributed by atoms with Crippen LogP contribution in [0.5, 0.6) is 0 Å². The van der Waals surface area contributed by atoms with Crippen LogP contribution >= 0.6 is 0 Å². The van der Waals surface area contributed by atoms with Crippen molar-refractivity contribution in [3.8, 4) is 0 Å². The zero-order valence-electron chi connectivity index (χ0n) is 18.5. The predicted octanol–water partition coefficient (Wildman–Crippen LogP) is 9.33. The first-order chi connectivity index (χ1) is 14.6. The first-order valence-corrected chi connectivity index (χ1v) is 11.4. The Hall–Kier alpha value is -2.86. The molecule has 2 unspecified atom stereocenters. The summed E-state index contributed by atoms with van der Waals surface area (Å²) in [5.74, 6) is 1.16. The Labute approximate surface area is 179 Å². The first-order valence-electron chi connectivity index (χ1n) is 11.4. The van der Waals surface area contributed by atoms with Crippen LogP contribution in [0.4, 0.5) is 0 Å². The van der Waals surface area contributed by atoms with Crippen molar-refractivity contribution < 1.29 is 0 Å². The summed E-state index contributed by atoms with van der Waals surface area (Å²) in [5.41, 5.74) is 3.09. The summed E-state index contributed by atoms with van der Waals surface area (Å²) >= 11 is 0. The van der Waals surface area contributed by atoms with Gasteiger partial charge in [-0.1, -0.05) is 64.1 Å². The van der Waals surface area contributed by atoms with Gasteiger partial charge in [-0.25, -0.2) is 0 Å². The minimum atomic E-state index is 0.569. The van der Waals surface area contributed by atoms with E-state index in [1.54, 1.807) is 5.56 Å². The van der Waals surface area contributed by atoms with Gasteiger partial charge >= 0.3 is 0 Å². The molecule has 0 amide bonds. The molecule has 0 saturated heterocycles. The molecule has 0 aromatic heterocycles. The lowest BCUT2D eigenvalue weighted by Gasteiger charge is -2.22. The van der Waals surface area contributed by atoms with Gasteiger partial charge in [-0.15, -0.1) is 0 Å². The van der Waals surface area contributed by atoms with Crippen LogP contribution in [0, 0.1) is 0 Å². The molecule has 0 heterocycles. The third kappa shape index (κ3) is 3.06. The van der Waals surface area contributed by atoms with E-state index in [9.17, 15) is 0 Å². The lowest BCUT2D eigenvalue weighted by atomic mass is 9.82. The second-order valence-electron chi connectivity index (χ2n) is 9.01. The quantitative estimate of drug-likeness (QED) is 0.268. The topological polar surface area (TPSA) is 0 Å². The molecular weight excluding hydrogens is 360 g/mol. The van der Waals surface area contributed by atoms with E-state index in [1.807, 2.05) is 0 Å². The van der Waals surface area contributed by atoms with Crippen molar-refractivity contribution in [2.45, 2.75) is 52.4 Å². The van der Waals surface area contributed by atoms with Gasteiger partial charge in [0.05, 0.1) is 0 Å². The van der Waals surface area contributed by atoms with Gasteiger partial charge in [-0.3, -0.25) is 0 Å². The van der Waals surface area contributed by atoms with Crippen molar-refractivity contribution in [1.82, 2.24) is 0 Å². The maximum atomic E-state index is 2.45. The van der Waals surface area contributed by atoms with Gasteiger partial charge in [0.2, 0.25) is 0 Å². The van der Waals surface area contributed by atoms with Crippen LogP contribution in [-0.4, -0.2) is 0 Å². The molecule has 0 aliphatic carbocycles. The average molecular weight is 391 g/mol. The molecule has 0 bridgehead atoms. The van der Waals surface area contributed by atoms with E-state index in [1.165, 1.54) is 61.5 Å². The number of benzene rings is 5. The number of fused-ring (bicyclic) bond motifs is 4. The number of hydrogen-bond donors (Lipinski definition) is 0. The summed E-state index contributed by atoms with van der Waals surface area (Å²) in [5, 5.41) is 10.7. The summed E-state index contributed by atoms with van der Waals surface area (Å²) in [7, 11) is 0. The lowest BCUT2D eigenvalue weighted by molar-refractivity contribution is 0.682. The lowest BCUT2D eigenvalue weighted by Crippen LogP contribution is -2.03. The largest absolute Gasteiger partial charge is 0.0648 e. The highest BCUT2D eigenvalue weighted by molar-refractivity contribution is 6.08. The van der Waals surface area contributed by atoms with E-state index in [-0.39, 0.29) is 0 Å². The van der Waals surface area contributed by atoms with Gasteiger partial charge in [-0.05, 0) is 115 Å². The molecule has 5 aromatic carbocycles. The van der Waals surface area contributed by atoms with Crippen molar-refractivity contribution in [2.75, 3.05) is 0 Å². The number of hydrogen-bond acceptors (Lipinski definition) is 0.